The Morgan fingerprint density at radius 3 is 2.93 bits per heavy atom. The fourth-order valence-corrected chi connectivity index (χ4v) is 1.66. The van der Waals surface area contributed by atoms with Crippen molar-refractivity contribution in [3.8, 4) is 0 Å². The highest BCUT2D eigenvalue weighted by Gasteiger charge is 2.32. The summed E-state index contributed by atoms with van der Waals surface area (Å²) in [7, 11) is 1.66. The smallest absolute Gasteiger partial charge is 0.242 e. The van der Waals surface area contributed by atoms with E-state index < -0.39 is 5.54 Å². The third-order valence-corrected chi connectivity index (χ3v) is 2.56. The van der Waals surface area contributed by atoms with E-state index in [1.165, 1.54) is 0 Å². The summed E-state index contributed by atoms with van der Waals surface area (Å²) < 4.78 is 4.99. The van der Waals surface area contributed by atoms with Crippen molar-refractivity contribution in [3.05, 3.63) is 0 Å². The van der Waals surface area contributed by atoms with E-state index in [-0.39, 0.29) is 5.91 Å². The molecule has 1 aliphatic heterocycles. The third-order valence-electron chi connectivity index (χ3n) is 2.56. The SMILES string of the molecule is COCCN1CCCNC(C)(C)C1=O. The molecule has 0 atom stereocenters. The van der Waals surface area contributed by atoms with Gasteiger partial charge in [-0.25, -0.2) is 0 Å². The summed E-state index contributed by atoms with van der Waals surface area (Å²) in [5.74, 6) is 0.173. The Morgan fingerprint density at radius 1 is 1.57 bits per heavy atom. The second-order valence-corrected chi connectivity index (χ2v) is 4.19. The van der Waals surface area contributed by atoms with E-state index in [1.807, 2.05) is 18.7 Å². The average Bonchev–Trinajstić information content (AvgIpc) is 2.26. The summed E-state index contributed by atoms with van der Waals surface area (Å²) in [5, 5.41) is 3.24. The number of amides is 1. The summed E-state index contributed by atoms with van der Waals surface area (Å²) in [5.41, 5.74) is -0.426. The fraction of sp³-hybridized carbons (Fsp3) is 0.900. The summed E-state index contributed by atoms with van der Waals surface area (Å²) >= 11 is 0. The quantitative estimate of drug-likeness (QED) is 0.709. The molecule has 0 aromatic heterocycles. The van der Waals surface area contributed by atoms with E-state index in [4.69, 9.17) is 4.74 Å². The second-order valence-electron chi connectivity index (χ2n) is 4.19. The number of nitrogens with one attached hydrogen (secondary N) is 1. The zero-order valence-electron chi connectivity index (χ0n) is 9.30. The first kappa shape index (κ1) is 11.5. The minimum atomic E-state index is -0.426. The van der Waals surface area contributed by atoms with Gasteiger partial charge in [-0.2, -0.15) is 0 Å². The van der Waals surface area contributed by atoms with E-state index in [0.29, 0.717) is 13.2 Å². The highest BCUT2D eigenvalue weighted by atomic mass is 16.5. The molecule has 0 unspecified atom stereocenters. The largest absolute Gasteiger partial charge is 0.383 e. The molecule has 0 spiro atoms. The number of hydrogen-bond acceptors (Lipinski definition) is 3. The van der Waals surface area contributed by atoms with Crippen molar-refractivity contribution in [1.29, 1.82) is 0 Å². The Morgan fingerprint density at radius 2 is 2.29 bits per heavy atom. The van der Waals surface area contributed by atoms with Crippen LogP contribution in [0.5, 0.6) is 0 Å². The lowest BCUT2D eigenvalue weighted by atomic mass is 10.0. The van der Waals surface area contributed by atoms with Crippen LogP contribution in [0.2, 0.25) is 0 Å². The molecule has 1 heterocycles. The van der Waals surface area contributed by atoms with Crippen LogP contribution < -0.4 is 5.32 Å². The molecular weight excluding hydrogens is 180 g/mol. The van der Waals surface area contributed by atoms with Crippen molar-refractivity contribution in [2.24, 2.45) is 0 Å². The molecule has 0 aromatic carbocycles. The average molecular weight is 200 g/mol. The van der Waals surface area contributed by atoms with Crippen molar-refractivity contribution in [2.75, 3.05) is 33.4 Å². The normalized spacial score (nSPS) is 22.2. The predicted octanol–water partition coefficient (Wildman–Crippen LogP) is 0.233. The van der Waals surface area contributed by atoms with E-state index in [2.05, 4.69) is 5.32 Å². The molecule has 14 heavy (non-hydrogen) atoms. The van der Waals surface area contributed by atoms with Crippen molar-refractivity contribution in [3.63, 3.8) is 0 Å². The summed E-state index contributed by atoms with van der Waals surface area (Å²) in [6.45, 7) is 6.91. The molecule has 4 heteroatoms. The lowest BCUT2D eigenvalue weighted by Gasteiger charge is -2.28. The van der Waals surface area contributed by atoms with Crippen LogP contribution >= 0.6 is 0 Å². The number of ether oxygens (including phenoxy) is 1. The van der Waals surface area contributed by atoms with Crippen molar-refractivity contribution < 1.29 is 9.53 Å². The standard InChI is InChI=1S/C10H20N2O2/c1-10(2)9(13)12(7-8-14-3)6-4-5-11-10/h11H,4-8H2,1-3H3. The first-order valence-corrected chi connectivity index (χ1v) is 5.11. The minimum absolute atomic E-state index is 0.173. The van der Waals surface area contributed by atoms with Gasteiger partial charge in [0.25, 0.3) is 0 Å². The van der Waals surface area contributed by atoms with Gasteiger partial charge in [0, 0.05) is 20.2 Å². The zero-order valence-corrected chi connectivity index (χ0v) is 9.30. The molecule has 1 saturated heterocycles. The maximum Gasteiger partial charge on any atom is 0.242 e. The maximum atomic E-state index is 12.0. The molecule has 1 aliphatic rings. The van der Waals surface area contributed by atoms with Crippen LogP contribution in [0.4, 0.5) is 0 Å². The highest BCUT2D eigenvalue weighted by molar-refractivity contribution is 5.85. The van der Waals surface area contributed by atoms with Crippen LogP contribution in [-0.2, 0) is 9.53 Å². The summed E-state index contributed by atoms with van der Waals surface area (Å²) in [6.07, 6.45) is 1.01. The van der Waals surface area contributed by atoms with Gasteiger partial charge in [-0.3, -0.25) is 4.79 Å². The van der Waals surface area contributed by atoms with Crippen LogP contribution in [0.25, 0.3) is 0 Å². The van der Waals surface area contributed by atoms with Crippen LogP contribution in [0, 0.1) is 0 Å². The van der Waals surface area contributed by atoms with Crippen molar-refractivity contribution >= 4 is 5.91 Å². The summed E-state index contributed by atoms with van der Waals surface area (Å²) in [4.78, 5) is 13.9. The third kappa shape index (κ3) is 2.69. The fourth-order valence-electron chi connectivity index (χ4n) is 1.66. The number of methoxy groups -OCH3 is 1. The molecule has 0 radical (unpaired) electrons. The molecule has 0 aromatic rings. The highest BCUT2D eigenvalue weighted by Crippen LogP contribution is 2.11. The lowest BCUT2D eigenvalue weighted by Crippen LogP contribution is -2.52. The lowest BCUT2D eigenvalue weighted by molar-refractivity contribution is -0.136. The molecular formula is C10H20N2O2. The van der Waals surface area contributed by atoms with E-state index in [1.54, 1.807) is 7.11 Å². The molecule has 82 valence electrons. The van der Waals surface area contributed by atoms with Crippen LogP contribution in [0.1, 0.15) is 20.3 Å². The number of hydrogen-bond donors (Lipinski definition) is 1. The van der Waals surface area contributed by atoms with Gasteiger partial charge in [-0.15, -0.1) is 0 Å². The van der Waals surface area contributed by atoms with Crippen molar-refractivity contribution in [2.45, 2.75) is 25.8 Å². The van der Waals surface area contributed by atoms with E-state index in [0.717, 1.165) is 19.5 Å². The first-order valence-electron chi connectivity index (χ1n) is 5.11. The second kappa shape index (κ2) is 4.75. The van der Waals surface area contributed by atoms with Crippen LogP contribution in [-0.4, -0.2) is 49.7 Å². The molecule has 1 N–H and O–H groups in total. The zero-order chi connectivity index (χ0) is 10.6. The molecule has 1 fully saturated rings. The Labute approximate surface area is 85.6 Å². The Hall–Kier alpha value is -0.610. The number of rotatable bonds is 3. The maximum absolute atomic E-state index is 12.0. The number of carbonyl (C=O) groups excluding carboxylic acids is 1. The molecule has 0 aliphatic carbocycles. The van der Waals surface area contributed by atoms with Gasteiger partial charge >= 0.3 is 0 Å². The Kier molecular flexibility index (Phi) is 3.89. The molecule has 4 nitrogen and oxygen atoms in total. The van der Waals surface area contributed by atoms with Gasteiger partial charge in [0.05, 0.1) is 12.1 Å². The molecule has 1 rings (SSSR count). The monoisotopic (exact) mass is 200 g/mol. The van der Waals surface area contributed by atoms with Gasteiger partial charge in [0.2, 0.25) is 5.91 Å². The minimum Gasteiger partial charge on any atom is -0.383 e. The van der Waals surface area contributed by atoms with Gasteiger partial charge in [-0.05, 0) is 26.8 Å². The Balaban J connectivity index is 2.59. The predicted molar refractivity (Wildman–Crippen MR) is 55.2 cm³/mol. The molecule has 0 saturated carbocycles. The van der Waals surface area contributed by atoms with Crippen LogP contribution in [0.3, 0.4) is 0 Å². The van der Waals surface area contributed by atoms with E-state index in [9.17, 15) is 4.79 Å². The van der Waals surface area contributed by atoms with E-state index >= 15 is 0 Å². The first-order chi connectivity index (χ1) is 6.58. The van der Waals surface area contributed by atoms with Crippen molar-refractivity contribution in [1.82, 2.24) is 10.2 Å². The van der Waals surface area contributed by atoms with Gasteiger partial charge in [0.15, 0.2) is 0 Å². The topological polar surface area (TPSA) is 41.6 Å². The molecule has 0 bridgehead atoms. The van der Waals surface area contributed by atoms with Crippen LogP contribution in [0.15, 0.2) is 0 Å². The molecule has 1 amide bonds. The van der Waals surface area contributed by atoms with Gasteiger partial charge in [-0.1, -0.05) is 0 Å². The Bertz CT molecular complexity index is 204. The number of carbonyl (C=O) groups is 1. The van der Waals surface area contributed by atoms with Gasteiger partial charge in [0.1, 0.15) is 0 Å². The summed E-state index contributed by atoms with van der Waals surface area (Å²) in [6, 6.07) is 0. The number of nitrogens with zero attached hydrogens (tertiary/aromatic N) is 1. The van der Waals surface area contributed by atoms with Gasteiger partial charge < -0.3 is 15.0 Å².